The van der Waals surface area contributed by atoms with Gasteiger partial charge in [-0.05, 0) is 33.2 Å². The zero-order valence-electron chi connectivity index (χ0n) is 10.7. The van der Waals surface area contributed by atoms with E-state index < -0.39 is 5.54 Å². The minimum Gasteiger partial charge on any atom is -0.468 e. The summed E-state index contributed by atoms with van der Waals surface area (Å²) in [6.45, 7) is 5.57. The van der Waals surface area contributed by atoms with Gasteiger partial charge in [0.2, 0.25) is 0 Å². The number of nitrogens with two attached hydrogens (primary N) is 1. The Morgan fingerprint density at radius 2 is 2.19 bits per heavy atom. The Morgan fingerprint density at radius 3 is 2.81 bits per heavy atom. The molecule has 2 atom stereocenters. The number of likely N-dealkylation sites (tertiary alicyclic amines) is 1. The topological polar surface area (TPSA) is 55.6 Å². The lowest BCUT2D eigenvalue weighted by Crippen LogP contribution is -2.55. The molecule has 0 amide bonds. The average Bonchev–Trinajstić information content (AvgIpc) is 2.43. The van der Waals surface area contributed by atoms with Crippen LogP contribution in [0.3, 0.4) is 0 Å². The largest absolute Gasteiger partial charge is 0.468 e. The first-order valence-corrected chi connectivity index (χ1v) is 6.08. The Balaban J connectivity index is 2.59. The van der Waals surface area contributed by atoms with Crippen LogP contribution in [0.25, 0.3) is 0 Å². The van der Waals surface area contributed by atoms with E-state index in [1.165, 1.54) is 32.8 Å². The number of carbonyl (C=O) groups is 1. The lowest BCUT2D eigenvalue weighted by Gasteiger charge is -2.33. The molecular weight excluding hydrogens is 204 g/mol. The van der Waals surface area contributed by atoms with Gasteiger partial charge in [0.05, 0.1) is 7.11 Å². The quantitative estimate of drug-likeness (QED) is 0.736. The van der Waals surface area contributed by atoms with Crippen molar-refractivity contribution in [3.8, 4) is 0 Å². The van der Waals surface area contributed by atoms with Crippen LogP contribution >= 0.6 is 0 Å². The smallest absolute Gasteiger partial charge is 0.326 e. The Morgan fingerprint density at radius 1 is 1.50 bits per heavy atom. The van der Waals surface area contributed by atoms with Crippen LogP contribution in [-0.4, -0.2) is 42.6 Å². The van der Waals surface area contributed by atoms with Gasteiger partial charge < -0.3 is 10.5 Å². The summed E-state index contributed by atoms with van der Waals surface area (Å²) >= 11 is 0. The van der Waals surface area contributed by atoms with E-state index >= 15 is 0 Å². The van der Waals surface area contributed by atoms with Crippen molar-refractivity contribution >= 4 is 5.97 Å². The summed E-state index contributed by atoms with van der Waals surface area (Å²) in [7, 11) is 1.39. The van der Waals surface area contributed by atoms with Gasteiger partial charge in [-0.25, -0.2) is 0 Å². The fourth-order valence-electron chi connectivity index (χ4n) is 2.29. The normalized spacial score (nSPS) is 26.9. The van der Waals surface area contributed by atoms with Gasteiger partial charge in [-0.2, -0.15) is 0 Å². The van der Waals surface area contributed by atoms with Crippen molar-refractivity contribution in [2.45, 2.75) is 51.1 Å². The highest BCUT2D eigenvalue weighted by Gasteiger charge is 2.33. The highest BCUT2D eigenvalue weighted by atomic mass is 16.5. The molecule has 0 bridgehead atoms. The van der Waals surface area contributed by atoms with E-state index in [4.69, 9.17) is 10.5 Å². The van der Waals surface area contributed by atoms with Crippen LogP contribution in [0.15, 0.2) is 0 Å². The van der Waals surface area contributed by atoms with Crippen LogP contribution in [-0.2, 0) is 9.53 Å². The number of hydrogen-bond acceptors (Lipinski definition) is 4. The first-order chi connectivity index (χ1) is 7.47. The Labute approximate surface area is 98.1 Å². The molecule has 1 aliphatic heterocycles. The van der Waals surface area contributed by atoms with Gasteiger partial charge in [0.1, 0.15) is 5.54 Å². The predicted octanol–water partition coefficient (Wildman–Crippen LogP) is 1.14. The molecule has 1 rings (SSSR count). The van der Waals surface area contributed by atoms with Crippen molar-refractivity contribution in [1.29, 1.82) is 0 Å². The molecule has 2 unspecified atom stereocenters. The number of nitrogens with zero attached hydrogens (tertiary/aromatic N) is 1. The van der Waals surface area contributed by atoms with Crippen LogP contribution in [0.4, 0.5) is 0 Å². The SMILES string of the molecule is COC(=O)C(C)(N)CN1CCCCCC1C. The Bertz CT molecular complexity index is 241. The van der Waals surface area contributed by atoms with Gasteiger partial charge in [0.15, 0.2) is 0 Å². The molecule has 0 aromatic rings. The number of carbonyl (C=O) groups excluding carboxylic acids is 1. The molecule has 16 heavy (non-hydrogen) atoms. The molecule has 0 aromatic heterocycles. The molecule has 94 valence electrons. The molecular formula is C12H24N2O2. The number of hydrogen-bond donors (Lipinski definition) is 1. The second-order valence-electron chi connectivity index (χ2n) is 5.08. The second kappa shape index (κ2) is 5.64. The first-order valence-electron chi connectivity index (χ1n) is 6.08. The molecule has 0 aliphatic carbocycles. The first kappa shape index (κ1) is 13.5. The molecule has 1 fully saturated rings. The van der Waals surface area contributed by atoms with Crippen LogP contribution in [0.5, 0.6) is 0 Å². The van der Waals surface area contributed by atoms with E-state index in [2.05, 4.69) is 11.8 Å². The van der Waals surface area contributed by atoms with Crippen LogP contribution in [0, 0.1) is 0 Å². The summed E-state index contributed by atoms with van der Waals surface area (Å²) in [5, 5.41) is 0. The fourth-order valence-corrected chi connectivity index (χ4v) is 2.29. The molecule has 0 radical (unpaired) electrons. The van der Waals surface area contributed by atoms with Crippen molar-refractivity contribution in [2.75, 3.05) is 20.2 Å². The summed E-state index contributed by atoms with van der Waals surface area (Å²) in [6.07, 6.45) is 4.94. The van der Waals surface area contributed by atoms with Crippen LogP contribution in [0.1, 0.15) is 39.5 Å². The zero-order valence-corrected chi connectivity index (χ0v) is 10.7. The lowest BCUT2D eigenvalue weighted by molar-refractivity contribution is -0.147. The Hall–Kier alpha value is -0.610. The maximum Gasteiger partial charge on any atom is 0.326 e. The third-order valence-electron chi connectivity index (χ3n) is 3.37. The third kappa shape index (κ3) is 3.46. The average molecular weight is 228 g/mol. The summed E-state index contributed by atoms with van der Waals surface area (Å²) < 4.78 is 4.73. The van der Waals surface area contributed by atoms with Gasteiger partial charge in [-0.3, -0.25) is 9.69 Å². The molecule has 4 nitrogen and oxygen atoms in total. The van der Waals surface area contributed by atoms with Gasteiger partial charge >= 0.3 is 5.97 Å². The highest BCUT2D eigenvalue weighted by molar-refractivity contribution is 5.80. The minimum absolute atomic E-state index is 0.330. The molecule has 2 N–H and O–H groups in total. The maximum atomic E-state index is 11.5. The summed E-state index contributed by atoms with van der Waals surface area (Å²) in [6, 6.07) is 0.509. The van der Waals surface area contributed by atoms with Gasteiger partial charge in [0.25, 0.3) is 0 Å². The molecule has 0 spiro atoms. The van der Waals surface area contributed by atoms with Crippen LogP contribution < -0.4 is 5.73 Å². The fraction of sp³-hybridized carbons (Fsp3) is 0.917. The second-order valence-corrected chi connectivity index (χ2v) is 5.08. The van der Waals surface area contributed by atoms with Crippen LogP contribution in [0.2, 0.25) is 0 Å². The molecule has 1 aliphatic rings. The Kier molecular flexibility index (Phi) is 4.74. The van der Waals surface area contributed by atoms with E-state index in [1.54, 1.807) is 6.92 Å². The number of methoxy groups -OCH3 is 1. The molecule has 4 heteroatoms. The predicted molar refractivity (Wildman–Crippen MR) is 64.1 cm³/mol. The van der Waals surface area contributed by atoms with E-state index in [0.29, 0.717) is 12.6 Å². The van der Waals surface area contributed by atoms with Gasteiger partial charge in [-0.15, -0.1) is 0 Å². The van der Waals surface area contributed by atoms with E-state index in [0.717, 1.165) is 6.54 Å². The van der Waals surface area contributed by atoms with Crippen molar-refractivity contribution in [2.24, 2.45) is 5.73 Å². The number of rotatable bonds is 3. The summed E-state index contributed by atoms with van der Waals surface area (Å²) in [5.41, 5.74) is 5.10. The monoisotopic (exact) mass is 228 g/mol. The number of esters is 1. The van der Waals surface area contributed by atoms with Crippen molar-refractivity contribution in [3.63, 3.8) is 0 Å². The number of ether oxygens (including phenoxy) is 1. The van der Waals surface area contributed by atoms with Crippen molar-refractivity contribution in [1.82, 2.24) is 4.90 Å². The standard InChI is InChI=1S/C12H24N2O2/c1-10-7-5-4-6-8-14(10)9-12(2,13)11(15)16-3/h10H,4-9,13H2,1-3H3. The molecule has 0 saturated carbocycles. The lowest BCUT2D eigenvalue weighted by atomic mass is 10.0. The van der Waals surface area contributed by atoms with Gasteiger partial charge in [-0.1, -0.05) is 12.8 Å². The molecule has 0 aromatic carbocycles. The van der Waals surface area contributed by atoms with Crippen molar-refractivity contribution in [3.05, 3.63) is 0 Å². The molecule has 1 saturated heterocycles. The summed E-state index contributed by atoms with van der Waals surface area (Å²) in [4.78, 5) is 13.8. The van der Waals surface area contributed by atoms with E-state index in [1.807, 2.05) is 0 Å². The minimum atomic E-state index is -0.895. The molecule has 1 heterocycles. The zero-order chi connectivity index (χ0) is 12.2. The van der Waals surface area contributed by atoms with Crippen molar-refractivity contribution < 1.29 is 9.53 Å². The van der Waals surface area contributed by atoms with E-state index in [-0.39, 0.29) is 5.97 Å². The summed E-state index contributed by atoms with van der Waals surface area (Å²) in [5.74, 6) is -0.330. The highest BCUT2D eigenvalue weighted by Crippen LogP contribution is 2.18. The van der Waals surface area contributed by atoms with Gasteiger partial charge in [0, 0.05) is 12.6 Å². The third-order valence-corrected chi connectivity index (χ3v) is 3.37. The van der Waals surface area contributed by atoms with E-state index in [9.17, 15) is 4.79 Å². The maximum absolute atomic E-state index is 11.5.